The van der Waals surface area contributed by atoms with Crippen molar-refractivity contribution in [1.29, 1.82) is 0 Å². The van der Waals surface area contributed by atoms with E-state index < -0.39 is 0 Å². The lowest BCUT2D eigenvalue weighted by Crippen LogP contribution is -1.89. The maximum absolute atomic E-state index is 2.42. The molecule has 0 aromatic heterocycles. The fourth-order valence-corrected chi connectivity index (χ4v) is 2.25. The quantitative estimate of drug-likeness (QED) is 0.528. The first kappa shape index (κ1) is 7.54. The van der Waals surface area contributed by atoms with E-state index in [-0.39, 0.29) is 9.52 Å². The molecule has 1 aliphatic carbocycles. The van der Waals surface area contributed by atoms with Gasteiger partial charge in [-0.15, -0.1) is 0 Å². The Labute approximate surface area is 65.2 Å². The summed E-state index contributed by atoms with van der Waals surface area (Å²) in [5.41, 5.74) is 3.89. The van der Waals surface area contributed by atoms with Gasteiger partial charge in [0.05, 0.1) is 9.52 Å². The molecule has 0 aromatic rings. The Morgan fingerprint density at radius 2 is 2.40 bits per heavy atom. The third-order valence-electron chi connectivity index (χ3n) is 1.62. The minimum Gasteiger partial charge on any atom is -0.0979 e. The van der Waals surface area contributed by atoms with Crippen molar-refractivity contribution in [3.8, 4) is 0 Å². The SMILES string of the molecule is CC(C)=C[SiH2]C1=CC=CC1. The molecule has 0 bridgehead atoms. The number of rotatable bonds is 2. The van der Waals surface area contributed by atoms with E-state index in [1.807, 2.05) is 0 Å². The van der Waals surface area contributed by atoms with Gasteiger partial charge in [-0.05, 0) is 20.3 Å². The molecule has 0 spiro atoms. The van der Waals surface area contributed by atoms with Gasteiger partial charge in [0.25, 0.3) is 0 Å². The largest absolute Gasteiger partial charge is 0.0979 e. The van der Waals surface area contributed by atoms with Crippen LogP contribution in [0.3, 0.4) is 0 Å². The number of hydrogen-bond donors (Lipinski definition) is 0. The van der Waals surface area contributed by atoms with Gasteiger partial charge in [0, 0.05) is 0 Å². The second-order valence-electron chi connectivity index (χ2n) is 2.94. The summed E-state index contributed by atoms with van der Waals surface area (Å²) in [6.45, 7) is 4.35. The molecule has 1 aliphatic rings. The molecule has 1 rings (SSSR count). The molecule has 0 N–H and O–H groups in total. The third kappa shape index (κ3) is 2.36. The number of allylic oxidation sites excluding steroid dienone is 5. The van der Waals surface area contributed by atoms with Gasteiger partial charge in [-0.1, -0.05) is 34.7 Å². The van der Waals surface area contributed by atoms with Crippen molar-refractivity contribution < 1.29 is 0 Å². The van der Waals surface area contributed by atoms with Crippen LogP contribution in [0.15, 0.2) is 34.7 Å². The first-order valence-electron chi connectivity index (χ1n) is 3.77. The van der Waals surface area contributed by atoms with Crippen LogP contribution in [0, 0.1) is 0 Å². The van der Waals surface area contributed by atoms with Gasteiger partial charge in [-0.3, -0.25) is 0 Å². The monoisotopic (exact) mass is 150 g/mol. The molecule has 0 aromatic carbocycles. The summed E-state index contributed by atoms with van der Waals surface area (Å²) in [5.74, 6) is 0. The van der Waals surface area contributed by atoms with Crippen molar-refractivity contribution in [2.45, 2.75) is 20.3 Å². The average Bonchev–Trinajstić information content (AvgIpc) is 2.34. The van der Waals surface area contributed by atoms with Crippen LogP contribution in [0.4, 0.5) is 0 Å². The van der Waals surface area contributed by atoms with Crippen LogP contribution in [-0.2, 0) is 0 Å². The van der Waals surface area contributed by atoms with Gasteiger partial charge in [-0.25, -0.2) is 0 Å². The molecule has 0 saturated carbocycles. The van der Waals surface area contributed by atoms with Gasteiger partial charge in [0.15, 0.2) is 0 Å². The molecule has 0 heterocycles. The smallest absolute Gasteiger partial charge is 0.0735 e. The van der Waals surface area contributed by atoms with E-state index in [2.05, 4.69) is 37.8 Å². The molecular weight excluding hydrogens is 136 g/mol. The lowest BCUT2D eigenvalue weighted by atomic mass is 10.4. The summed E-state index contributed by atoms with van der Waals surface area (Å²) < 4.78 is 0. The molecule has 0 aliphatic heterocycles. The Morgan fingerprint density at radius 1 is 1.60 bits per heavy atom. The zero-order valence-corrected chi connectivity index (χ0v) is 8.14. The van der Waals surface area contributed by atoms with Crippen molar-refractivity contribution in [2.75, 3.05) is 0 Å². The standard InChI is InChI=1S/C9H14Si/c1-8(2)7-10-9-5-3-4-6-9/h3-5,7H,6,10H2,1-2H3. The highest BCUT2D eigenvalue weighted by Crippen LogP contribution is 2.08. The fraction of sp³-hybridized carbons (Fsp3) is 0.333. The van der Waals surface area contributed by atoms with E-state index in [9.17, 15) is 0 Å². The summed E-state index contributed by atoms with van der Waals surface area (Å²) in [5, 5.41) is 1.67. The van der Waals surface area contributed by atoms with Crippen LogP contribution in [0.2, 0.25) is 0 Å². The summed E-state index contributed by atoms with van der Waals surface area (Å²) in [6, 6.07) is 0. The topological polar surface area (TPSA) is 0 Å². The lowest BCUT2D eigenvalue weighted by molar-refractivity contribution is 1.38. The molecule has 0 amide bonds. The summed E-state index contributed by atoms with van der Waals surface area (Å²) in [4.78, 5) is 0. The van der Waals surface area contributed by atoms with Crippen LogP contribution in [0.1, 0.15) is 20.3 Å². The first-order chi connectivity index (χ1) is 4.79. The van der Waals surface area contributed by atoms with E-state index >= 15 is 0 Å². The summed E-state index contributed by atoms with van der Waals surface area (Å²) >= 11 is 0. The predicted molar refractivity (Wildman–Crippen MR) is 49.8 cm³/mol. The average molecular weight is 150 g/mol. The van der Waals surface area contributed by atoms with Crippen molar-refractivity contribution in [3.63, 3.8) is 0 Å². The Bertz CT molecular complexity index is 193. The van der Waals surface area contributed by atoms with Gasteiger partial charge < -0.3 is 0 Å². The highest BCUT2D eigenvalue weighted by molar-refractivity contribution is 6.51. The van der Waals surface area contributed by atoms with E-state index in [0.29, 0.717) is 0 Å². The minimum atomic E-state index is -0.0231. The van der Waals surface area contributed by atoms with Crippen LogP contribution >= 0.6 is 0 Å². The van der Waals surface area contributed by atoms with E-state index in [0.717, 1.165) is 0 Å². The van der Waals surface area contributed by atoms with Crippen molar-refractivity contribution in [3.05, 3.63) is 34.7 Å². The highest BCUT2D eigenvalue weighted by atomic mass is 28.2. The molecule has 1 heteroatoms. The molecule has 0 nitrogen and oxygen atoms in total. The maximum Gasteiger partial charge on any atom is 0.0735 e. The molecule has 0 unspecified atom stereocenters. The maximum atomic E-state index is 2.42. The van der Waals surface area contributed by atoms with Crippen LogP contribution in [0.25, 0.3) is 0 Å². The molecule has 0 fully saturated rings. The second-order valence-corrected chi connectivity index (χ2v) is 4.67. The molecule has 0 atom stereocenters. The zero-order valence-electron chi connectivity index (χ0n) is 6.72. The van der Waals surface area contributed by atoms with Gasteiger partial charge in [-0.2, -0.15) is 0 Å². The second kappa shape index (κ2) is 3.57. The molecule has 0 saturated heterocycles. The van der Waals surface area contributed by atoms with Gasteiger partial charge in [0.1, 0.15) is 0 Å². The number of hydrogen-bond acceptors (Lipinski definition) is 0. The predicted octanol–water partition coefficient (Wildman–Crippen LogP) is 1.92. The van der Waals surface area contributed by atoms with Crippen molar-refractivity contribution in [2.24, 2.45) is 0 Å². The van der Waals surface area contributed by atoms with Crippen LogP contribution < -0.4 is 0 Å². The molecule has 0 radical (unpaired) electrons. The van der Waals surface area contributed by atoms with Crippen LogP contribution in [-0.4, -0.2) is 9.52 Å². The van der Waals surface area contributed by atoms with Crippen molar-refractivity contribution >= 4 is 9.52 Å². The summed E-state index contributed by atoms with van der Waals surface area (Å²) in [6.07, 6.45) is 7.89. The van der Waals surface area contributed by atoms with E-state index in [4.69, 9.17) is 0 Å². The minimum absolute atomic E-state index is 0.0231. The third-order valence-corrected chi connectivity index (χ3v) is 3.69. The zero-order chi connectivity index (χ0) is 7.40. The van der Waals surface area contributed by atoms with Crippen molar-refractivity contribution in [1.82, 2.24) is 0 Å². The van der Waals surface area contributed by atoms with Crippen LogP contribution in [0.5, 0.6) is 0 Å². The molecule has 54 valence electrons. The normalized spacial score (nSPS) is 16.4. The van der Waals surface area contributed by atoms with Gasteiger partial charge >= 0.3 is 0 Å². The Hall–Kier alpha value is -0.563. The molecular formula is C9H14Si. The highest BCUT2D eigenvalue weighted by Gasteiger charge is 1.95. The van der Waals surface area contributed by atoms with E-state index in [1.54, 1.807) is 5.20 Å². The van der Waals surface area contributed by atoms with Gasteiger partial charge in [0.2, 0.25) is 0 Å². The first-order valence-corrected chi connectivity index (χ1v) is 5.29. The lowest BCUT2D eigenvalue weighted by Gasteiger charge is -1.93. The van der Waals surface area contributed by atoms with E-state index in [1.165, 1.54) is 12.0 Å². The summed E-state index contributed by atoms with van der Waals surface area (Å²) in [7, 11) is -0.0231. The Balaban J connectivity index is 2.34. The Morgan fingerprint density at radius 3 is 2.90 bits per heavy atom. The molecule has 10 heavy (non-hydrogen) atoms. The Kier molecular flexibility index (Phi) is 2.69. The fourth-order valence-electron chi connectivity index (χ4n) is 0.978.